The number of aromatic nitrogens is 3. The van der Waals surface area contributed by atoms with Gasteiger partial charge in [-0.3, -0.25) is 9.69 Å². The molecule has 8 heteroatoms. The first-order chi connectivity index (χ1) is 11.7. The van der Waals surface area contributed by atoms with Crippen LogP contribution in [0.1, 0.15) is 48.4 Å². The lowest BCUT2D eigenvalue weighted by atomic mass is 10.1. The summed E-state index contributed by atoms with van der Waals surface area (Å²) in [5.74, 6) is 1.25. The van der Waals surface area contributed by atoms with Crippen molar-refractivity contribution in [2.75, 3.05) is 19.6 Å². The first kappa shape index (κ1) is 16.6. The van der Waals surface area contributed by atoms with Crippen molar-refractivity contribution >= 4 is 5.91 Å². The third kappa shape index (κ3) is 3.81. The Labute approximate surface area is 140 Å². The zero-order valence-corrected chi connectivity index (χ0v) is 14.1. The average Bonchev–Trinajstić information content (AvgIpc) is 3.19. The van der Waals surface area contributed by atoms with Crippen molar-refractivity contribution in [2.45, 2.75) is 45.7 Å². The van der Waals surface area contributed by atoms with Gasteiger partial charge in [0, 0.05) is 32.1 Å². The largest absolute Gasteiger partial charge is 0.364 e. The van der Waals surface area contributed by atoms with Gasteiger partial charge in [0.15, 0.2) is 11.5 Å². The van der Waals surface area contributed by atoms with Crippen molar-refractivity contribution in [3.63, 3.8) is 0 Å². The minimum absolute atomic E-state index is 0.0544. The Morgan fingerprint density at radius 3 is 2.92 bits per heavy atom. The van der Waals surface area contributed by atoms with Gasteiger partial charge in [-0.25, -0.2) is 0 Å². The molecule has 0 spiro atoms. The summed E-state index contributed by atoms with van der Waals surface area (Å²) in [5, 5.41) is 7.73. The summed E-state index contributed by atoms with van der Waals surface area (Å²) in [6.07, 6.45) is 4.37. The van der Waals surface area contributed by atoms with E-state index in [4.69, 9.17) is 9.05 Å². The van der Waals surface area contributed by atoms with Crippen molar-refractivity contribution in [3.8, 4) is 0 Å². The second kappa shape index (κ2) is 7.57. The second-order valence-electron chi connectivity index (χ2n) is 6.05. The quantitative estimate of drug-likeness (QED) is 0.825. The van der Waals surface area contributed by atoms with Gasteiger partial charge in [0.05, 0.1) is 6.54 Å². The summed E-state index contributed by atoms with van der Waals surface area (Å²) in [6.45, 7) is 6.99. The molecule has 1 atom stereocenters. The predicted octanol–water partition coefficient (Wildman–Crippen LogP) is 1.88. The Hall–Kier alpha value is -2.22. The third-order valence-electron chi connectivity index (χ3n) is 4.48. The Bertz CT molecular complexity index is 654. The van der Waals surface area contributed by atoms with Crippen molar-refractivity contribution in [1.82, 2.24) is 25.1 Å². The molecule has 2 aromatic rings. The van der Waals surface area contributed by atoms with E-state index in [9.17, 15) is 4.79 Å². The van der Waals surface area contributed by atoms with Gasteiger partial charge >= 0.3 is 0 Å². The van der Waals surface area contributed by atoms with Gasteiger partial charge < -0.3 is 13.9 Å². The van der Waals surface area contributed by atoms with Crippen LogP contribution in [0.3, 0.4) is 0 Å². The van der Waals surface area contributed by atoms with Crippen LogP contribution in [0.4, 0.5) is 0 Å². The number of amides is 1. The van der Waals surface area contributed by atoms with Crippen molar-refractivity contribution in [2.24, 2.45) is 0 Å². The zero-order chi connectivity index (χ0) is 16.9. The minimum Gasteiger partial charge on any atom is -0.364 e. The van der Waals surface area contributed by atoms with Crippen LogP contribution >= 0.6 is 0 Å². The molecule has 130 valence electrons. The fourth-order valence-electron chi connectivity index (χ4n) is 3.22. The van der Waals surface area contributed by atoms with Crippen LogP contribution in [-0.4, -0.2) is 56.7 Å². The van der Waals surface area contributed by atoms with Crippen molar-refractivity contribution < 1.29 is 13.8 Å². The third-order valence-corrected chi connectivity index (χ3v) is 4.48. The normalized spacial score (nSPS) is 18.8. The number of carbonyl (C=O) groups is 1. The summed E-state index contributed by atoms with van der Waals surface area (Å²) >= 11 is 0. The lowest BCUT2D eigenvalue weighted by molar-refractivity contribution is 0.0745. The van der Waals surface area contributed by atoms with Crippen LogP contribution in [-0.2, 0) is 6.54 Å². The molecular formula is C16H23N5O3. The van der Waals surface area contributed by atoms with Crippen molar-refractivity contribution in [3.05, 3.63) is 29.7 Å². The Morgan fingerprint density at radius 1 is 1.38 bits per heavy atom. The van der Waals surface area contributed by atoms with Gasteiger partial charge in [-0.1, -0.05) is 17.2 Å². The topological polar surface area (TPSA) is 88.5 Å². The maximum absolute atomic E-state index is 12.4. The monoisotopic (exact) mass is 333 g/mol. The molecule has 1 fully saturated rings. The fraction of sp³-hybridized carbons (Fsp3) is 0.625. The maximum Gasteiger partial charge on any atom is 0.276 e. The number of likely N-dealkylation sites (tertiary alicyclic amines) is 1. The molecule has 0 unspecified atom stereocenters. The molecule has 0 radical (unpaired) electrons. The van der Waals surface area contributed by atoms with Gasteiger partial charge in [0.2, 0.25) is 5.89 Å². The Morgan fingerprint density at radius 2 is 2.25 bits per heavy atom. The summed E-state index contributed by atoms with van der Waals surface area (Å²) in [4.78, 5) is 20.9. The standard InChI is InChI=1S/C16H23N5O3/c1-3-20(11-15-17-12(2)24-19-15)13-5-4-8-21(9-6-13)16(22)14-7-10-23-18-14/h7,10,13H,3-6,8-9,11H2,1-2H3/t13-/m0/s1. The molecule has 3 rings (SSSR count). The molecule has 8 nitrogen and oxygen atoms in total. The maximum atomic E-state index is 12.4. The summed E-state index contributed by atoms with van der Waals surface area (Å²) in [5.41, 5.74) is 0.378. The highest BCUT2D eigenvalue weighted by molar-refractivity contribution is 5.92. The van der Waals surface area contributed by atoms with Crippen LogP contribution in [0.5, 0.6) is 0 Å². The molecule has 1 aliphatic rings. The second-order valence-corrected chi connectivity index (χ2v) is 6.05. The molecule has 2 aromatic heterocycles. The first-order valence-corrected chi connectivity index (χ1v) is 8.40. The number of aryl methyl sites for hydroxylation is 1. The number of carbonyl (C=O) groups excluding carboxylic acids is 1. The number of nitrogens with zero attached hydrogens (tertiary/aromatic N) is 5. The molecule has 0 aliphatic carbocycles. The van der Waals surface area contributed by atoms with E-state index in [-0.39, 0.29) is 5.91 Å². The summed E-state index contributed by atoms with van der Waals surface area (Å²) < 4.78 is 9.83. The van der Waals surface area contributed by atoms with E-state index in [1.165, 1.54) is 6.26 Å². The van der Waals surface area contributed by atoms with Crippen LogP contribution < -0.4 is 0 Å². The van der Waals surface area contributed by atoms with E-state index >= 15 is 0 Å². The molecule has 1 saturated heterocycles. The first-order valence-electron chi connectivity index (χ1n) is 8.40. The molecule has 0 saturated carbocycles. The van der Waals surface area contributed by atoms with Gasteiger partial charge in [-0.2, -0.15) is 4.98 Å². The molecule has 0 aromatic carbocycles. The van der Waals surface area contributed by atoms with E-state index in [1.54, 1.807) is 13.0 Å². The molecule has 3 heterocycles. The number of hydrogen-bond donors (Lipinski definition) is 0. The van der Waals surface area contributed by atoms with E-state index in [1.807, 2.05) is 4.90 Å². The van der Waals surface area contributed by atoms with Crippen molar-refractivity contribution in [1.29, 1.82) is 0 Å². The molecule has 1 amide bonds. The van der Waals surface area contributed by atoms with E-state index < -0.39 is 0 Å². The van der Waals surface area contributed by atoms with Crippen LogP contribution in [0.2, 0.25) is 0 Å². The zero-order valence-electron chi connectivity index (χ0n) is 14.1. The highest BCUT2D eigenvalue weighted by Crippen LogP contribution is 2.19. The molecule has 0 bridgehead atoms. The van der Waals surface area contributed by atoms with E-state index in [0.717, 1.165) is 38.9 Å². The predicted molar refractivity (Wildman–Crippen MR) is 85.2 cm³/mol. The average molecular weight is 333 g/mol. The summed E-state index contributed by atoms with van der Waals surface area (Å²) in [7, 11) is 0. The highest BCUT2D eigenvalue weighted by Gasteiger charge is 2.26. The van der Waals surface area contributed by atoms with Crippen LogP contribution in [0.15, 0.2) is 21.4 Å². The molecule has 24 heavy (non-hydrogen) atoms. The number of hydrogen-bond acceptors (Lipinski definition) is 7. The molecule has 0 N–H and O–H groups in total. The van der Waals surface area contributed by atoms with E-state index in [0.29, 0.717) is 30.0 Å². The minimum atomic E-state index is -0.0544. The summed E-state index contributed by atoms with van der Waals surface area (Å²) in [6, 6.07) is 2.02. The Balaban J connectivity index is 1.60. The fourth-order valence-corrected chi connectivity index (χ4v) is 3.22. The van der Waals surface area contributed by atoms with Gasteiger partial charge in [0.1, 0.15) is 6.26 Å². The number of rotatable bonds is 5. The molecule has 1 aliphatic heterocycles. The highest BCUT2D eigenvalue weighted by atomic mass is 16.5. The van der Waals surface area contributed by atoms with Crippen LogP contribution in [0.25, 0.3) is 0 Å². The molecular weight excluding hydrogens is 310 g/mol. The van der Waals surface area contributed by atoms with Gasteiger partial charge in [-0.05, 0) is 25.8 Å². The van der Waals surface area contributed by atoms with Crippen LogP contribution in [0, 0.1) is 6.92 Å². The lowest BCUT2D eigenvalue weighted by Crippen LogP contribution is -2.37. The van der Waals surface area contributed by atoms with E-state index in [2.05, 4.69) is 27.1 Å². The Kier molecular flexibility index (Phi) is 5.24. The van der Waals surface area contributed by atoms with Gasteiger partial charge in [-0.15, -0.1) is 0 Å². The lowest BCUT2D eigenvalue weighted by Gasteiger charge is -2.28. The SMILES string of the molecule is CCN(Cc1noc(C)n1)[C@H]1CCCN(C(=O)c2ccon2)CC1. The smallest absolute Gasteiger partial charge is 0.276 e. The van der Waals surface area contributed by atoms with Gasteiger partial charge in [0.25, 0.3) is 5.91 Å².